The summed E-state index contributed by atoms with van der Waals surface area (Å²) in [6, 6.07) is 18.8. The van der Waals surface area contributed by atoms with Crippen molar-refractivity contribution < 1.29 is 4.79 Å². The molecule has 166 valence electrons. The molecule has 0 atom stereocenters. The van der Waals surface area contributed by atoms with Gasteiger partial charge in [0, 0.05) is 21.0 Å². The van der Waals surface area contributed by atoms with Gasteiger partial charge >= 0.3 is 0 Å². The summed E-state index contributed by atoms with van der Waals surface area (Å²) in [6.07, 6.45) is 8.23. The Hall–Kier alpha value is -2.43. The molecule has 3 nitrogen and oxygen atoms in total. The van der Waals surface area contributed by atoms with Gasteiger partial charge in [-0.3, -0.25) is 9.79 Å². The van der Waals surface area contributed by atoms with Crippen LogP contribution in [0.25, 0.3) is 0 Å². The standard InChI is InChI=1S/C27H29ClN2OS/c1-2-3-4-5-9-19-10-8-11-20(16-19)14-15-21-17-23-26(22-12-6-7-13-24(22)28)29-18-25(31)30-27(23)32-21/h6-8,10-13,16-17H,2-5,9,14-15,18H2,1H3,(H,30,31). The number of amides is 1. The Morgan fingerprint density at radius 1 is 0.938 bits per heavy atom. The van der Waals surface area contributed by atoms with E-state index in [9.17, 15) is 4.79 Å². The maximum Gasteiger partial charge on any atom is 0.246 e. The van der Waals surface area contributed by atoms with E-state index in [1.807, 2.05) is 24.3 Å². The number of hydrogen-bond acceptors (Lipinski definition) is 3. The highest BCUT2D eigenvalue weighted by Gasteiger charge is 2.22. The van der Waals surface area contributed by atoms with E-state index >= 15 is 0 Å². The van der Waals surface area contributed by atoms with Crippen LogP contribution in [0.3, 0.4) is 0 Å². The van der Waals surface area contributed by atoms with Gasteiger partial charge in [-0.1, -0.05) is 80.3 Å². The smallest absolute Gasteiger partial charge is 0.246 e. The minimum absolute atomic E-state index is 0.0857. The molecule has 2 heterocycles. The predicted molar refractivity (Wildman–Crippen MR) is 137 cm³/mol. The number of carbonyl (C=O) groups excluding carboxylic acids is 1. The van der Waals surface area contributed by atoms with E-state index in [1.165, 1.54) is 41.7 Å². The van der Waals surface area contributed by atoms with Gasteiger partial charge in [0.25, 0.3) is 0 Å². The molecule has 2 aromatic carbocycles. The molecule has 32 heavy (non-hydrogen) atoms. The van der Waals surface area contributed by atoms with Crippen LogP contribution in [-0.4, -0.2) is 18.2 Å². The molecule has 4 rings (SSSR count). The zero-order valence-electron chi connectivity index (χ0n) is 18.5. The van der Waals surface area contributed by atoms with Crippen LogP contribution in [0.15, 0.2) is 59.6 Å². The van der Waals surface area contributed by atoms with Crippen molar-refractivity contribution in [1.29, 1.82) is 0 Å². The third-order valence-corrected chi connectivity index (χ3v) is 7.21. The third-order valence-electron chi connectivity index (χ3n) is 5.77. The number of aryl methyl sites for hydroxylation is 3. The number of rotatable bonds is 9. The van der Waals surface area contributed by atoms with Crippen LogP contribution in [0.2, 0.25) is 5.02 Å². The van der Waals surface area contributed by atoms with E-state index in [4.69, 9.17) is 11.6 Å². The van der Waals surface area contributed by atoms with Gasteiger partial charge in [0.1, 0.15) is 11.5 Å². The number of fused-ring (bicyclic) bond motifs is 1. The van der Waals surface area contributed by atoms with Gasteiger partial charge in [0.05, 0.1) is 5.71 Å². The summed E-state index contributed by atoms with van der Waals surface area (Å²) >= 11 is 8.09. The van der Waals surface area contributed by atoms with Crippen LogP contribution in [0.4, 0.5) is 5.00 Å². The summed E-state index contributed by atoms with van der Waals surface area (Å²) in [4.78, 5) is 18.0. The number of unbranched alkanes of at least 4 members (excludes halogenated alkanes) is 3. The number of benzene rings is 2. The highest BCUT2D eigenvalue weighted by Crippen LogP contribution is 2.34. The number of aliphatic imine (C=N–C) groups is 1. The van der Waals surface area contributed by atoms with Crippen LogP contribution < -0.4 is 5.32 Å². The van der Waals surface area contributed by atoms with Gasteiger partial charge in [-0.15, -0.1) is 11.3 Å². The second-order valence-electron chi connectivity index (χ2n) is 8.28. The van der Waals surface area contributed by atoms with Crippen LogP contribution in [0, 0.1) is 0 Å². The molecule has 1 amide bonds. The first-order chi connectivity index (χ1) is 15.6. The number of halogens is 1. The second kappa shape index (κ2) is 10.9. The molecule has 0 saturated carbocycles. The molecule has 1 aromatic heterocycles. The van der Waals surface area contributed by atoms with Crippen LogP contribution in [0.1, 0.15) is 59.7 Å². The molecule has 0 radical (unpaired) electrons. The largest absolute Gasteiger partial charge is 0.316 e. The van der Waals surface area contributed by atoms with Crippen molar-refractivity contribution in [1.82, 2.24) is 0 Å². The Morgan fingerprint density at radius 3 is 2.56 bits per heavy atom. The molecular weight excluding hydrogens is 436 g/mol. The molecule has 3 aromatic rings. The molecule has 1 aliphatic rings. The molecule has 0 saturated heterocycles. The zero-order valence-corrected chi connectivity index (χ0v) is 20.1. The molecule has 1 N–H and O–H groups in total. The maximum atomic E-state index is 12.2. The fourth-order valence-corrected chi connectivity index (χ4v) is 5.38. The molecule has 1 aliphatic heterocycles. The van der Waals surface area contributed by atoms with E-state index in [-0.39, 0.29) is 12.5 Å². The monoisotopic (exact) mass is 464 g/mol. The molecule has 0 unspecified atom stereocenters. The first-order valence-electron chi connectivity index (χ1n) is 11.4. The average molecular weight is 465 g/mol. The summed E-state index contributed by atoms with van der Waals surface area (Å²) < 4.78 is 0. The second-order valence-corrected chi connectivity index (χ2v) is 9.82. The van der Waals surface area contributed by atoms with Crippen molar-refractivity contribution >= 4 is 39.6 Å². The Balaban J connectivity index is 1.49. The summed E-state index contributed by atoms with van der Waals surface area (Å²) in [5.41, 5.74) is 5.42. The lowest BCUT2D eigenvalue weighted by Gasteiger charge is -2.07. The summed E-state index contributed by atoms with van der Waals surface area (Å²) in [5.74, 6) is -0.0857. The van der Waals surface area contributed by atoms with Crippen molar-refractivity contribution in [3.8, 4) is 0 Å². The Labute approximate surface area is 199 Å². The van der Waals surface area contributed by atoms with Crippen LogP contribution in [-0.2, 0) is 24.1 Å². The fraction of sp³-hybridized carbons (Fsp3) is 0.333. The first-order valence-corrected chi connectivity index (χ1v) is 12.6. The molecular formula is C27H29ClN2OS. The molecule has 0 bridgehead atoms. The van der Waals surface area contributed by atoms with Crippen molar-refractivity contribution in [3.63, 3.8) is 0 Å². The van der Waals surface area contributed by atoms with Gasteiger partial charge < -0.3 is 5.32 Å². The maximum absolute atomic E-state index is 12.2. The van der Waals surface area contributed by atoms with Crippen molar-refractivity contribution in [2.75, 3.05) is 11.9 Å². The van der Waals surface area contributed by atoms with E-state index in [1.54, 1.807) is 11.3 Å². The predicted octanol–water partition coefficient (Wildman–Crippen LogP) is 7.10. The third kappa shape index (κ3) is 5.67. The number of nitrogens with zero attached hydrogens (tertiary/aromatic N) is 1. The molecule has 5 heteroatoms. The topological polar surface area (TPSA) is 41.5 Å². The quantitative estimate of drug-likeness (QED) is 0.337. The van der Waals surface area contributed by atoms with Gasteiger partial charge in [0.2, 0.25) is 5.91 Å². The van der Waals surface area contributed by atoms with Crippen molar-refractivity contribution in [3.05, 3.63) is 86.8 Å². The van der Waals surface area contributed by atoms with Gasteiger partial charge in [0.15, 0.2) is 0 Å². The number of anilines is 1. The van der Waals surface area contributed by atoms with E-state index < -0.39 is 0 Å². The number of nitrogens with one attached hydrogen (secondary N) is 1. The fourth-order valence-electron chi connectivity index (χ4n) is 4.08. The average Bonchev–Trinajstić information content (AvgIpc) is 3.12. The van der Waals surface area contributed by atoms with Gasteiger partial charge in [-0.2, -0.15) is 0 Å². The number of thiophene rings is 1. The molecule has 0 fully saturated rings. The zero-order chi connectivity index (χ0) is 22.3. The van der Waals surface area contributed by atoms with Crippen LogP contribution >= 0.6 is 22.9 Å². The number of carbonyl (C=O) groups is 1. The SMILES string of the molecule is CCCCCCc1cccc(CCc2cc3c(s2)NC(=O)CN=C3c2ccccc2Cl)c1. The minimum atomic E-state index is -0.0857. The Bertz CT molecular complexity index is 1120. The Morgan fingerprint density at radius 2 is 1.75 bits per heavy atom. The highest BCUT2D eigenvalue weighted by molar-refractivity contribution is 7.16. The lowest BCUT2D eigenvalue weighted by atomic mass is 10.0. The normalized spacial score (nSPS) is 13.3. The van der Waals surface area contributed by atoms with Crippen LogP contribution in [0.5, 0.6) is 0 Å². The first kappa shape index (κ1) is 22.8. The summed E-state index contributed by atoms with van der Waals surface area (Å²) in [7, 11) is 0. The lowest BCUT2D eigenvalue weighted by molar-refractivity contribution is -0.114. The highest BCUT2D eigenvalue weighted by atomic mass is 35.5. The van der Waals surface area contributed by atoms with Crippen molar-refractivity contribution in [2.24, 2.45) is 4.99 Å². The molecule has 0 aliphatic carbocycles. The van der Waals surface area contributed by atoms with Gasteiger partial charge in [-0.25, -0.2) is 0 Å². The summed E-state index contributed by atoms with van der Waals surface area (Å²) in [5, 5.41) is 4.54. The van der Waals surface area contributed by atoms with E-state index in [0.717, 1.165) is 41.1 Å². The summed E-state index contributed by atoms with van der Waals surface area (Å²) in [6.45, 7) is 2.36. The van der Waals surface area contributed by atoms with E-state index in [2.05, 4.69) is 47.6 Å². The van der Waals surface area contributed by atoms with Gasteiger partial charge in [-0.05, 0) is 48.9 Å². The lowest BCUT2D eigenvalue weighted by Crippen LogP contribution is -2.12. The van der Waals surface area contributed by atoms with E-state index in [0.29, 0.717) is 5.02 Å². The number of hydrogen-bond donors (Lipinski definition) is 1. The van der Waals surface area contributed by atoms with Crippen molar-refractivity contribution in [2.45, 2.75) is 51.9 Å². The minimum Gasteiger partial charge on any atom is -0.316 e. The Kier molecular flexibility index (Phi) is 7.77. The molecule has 0 spiro atoms.